The molecule has 0 radical (unpaired) electrons. The van der Waals surface area contributed by atoms with Gasteiger partial charge in [0.05, 0.1) is 5.69 Å². The molecule has 6 nitrogen and oxygen atoms in total. The van der Waals surface area contributed by atoms with Gasteiger partial charge in [-0.2, -0.15) is 0 Å². The highest BCUT2D eigenvalue weighted by Crippen LogP contribution is 2.26. The lowest BCUT2D eigenvalue weighted by molar-refractivity contribution is -0.133. The predicted octanol–water partition coefficient (Wildman–Crippen LogP) is 3.06. The van der Waals surface area contributed by atoms with Gasteiger partial charge in [-0.25, -0.2) is 4.98 Å². The third kappa shape index (κ3) is 3.02. The molecule has 1 aliphatic heterocycles. The molecule has 0 spiro atoms. The van der Waals surface area contributed by atoms with E-state index < -0.39 is 6.04 Å². The number of carbonyl (C=O) groups excluding carboxylic acids is 2. The van der Waals surface area contributed by atoms with E-state index in [2.05, 4.69) is 15.3 Å². The number of hydrogen-bond donors (Lipinski definition) is 2. The number of fused-ring (bicyclic) bond motifs is 1. The third-order valence-electron chi connectivity index (χ3n) is 4.50. The summed E-state index contributed by atoms with van der Waals surface area (Å²) in [6, 6.07) is 7.51. The largest absolute Gasteiger partial charge is 0.361 e. The van der Waals surface area contributed by atoms with Crippen LogP contribution in [-0.4, -0.2) is 32.7 Å². The summed E-state index contributed by atoms with van der Waals surface area (Å²) in [5.74, 6) is -0.152. The van der Waals surface area contributed by atoms with Gasteiger partial charge in [0.2, 0.25) is 11.8 Å². The molecule has 1 fully saturated rings. The molecule has 1 unspecified atom stereocenters. The fourth-order valence-corrected chi connectivity index (χ4v) is 3.94. The van der Waals surface area contributed by atoms with E-state index in [4.69, 9.17) is 0 Å². The Morgan fingerprint density at radius 1 is 1.44 bits per heavy atom. The van der Waals surface area contributed by atoms with Gasteiger partial charge in [0.1, 0.15) is 6.04 Å². The number of rotatable bonds is 4. The minimum absolute atomic E-state index is 0.0146. The van der Waals surface area contributed by atoms with Crippen LogP contribution in [0.15, 0.2) is 35.8 Å². The van der Waals surface area contributed by atoms with Gasteiger partial charge in [0.25, 0.3) is 0 Å². The van der Waals surface area contributed by atoms with Crippen molar-refractivity contribution < 1.29 is 9.59 Å². The number of benzene rings is 1. The summed E-state index contributed by atoms with van der Waals surface area (Å²) >= 11 is 1.39. The van der Waals surface area contributed by atoms with E-state index in [-0.39, 0.29) is 11.8 Å². The van der Waals surface area contributed by atoms with E-state index in [9.17, 15) is 9.59 Å². The molecule has 2 aromatic heterocycles. The Kier molecular flexibility index (Phi) is 4.01. The maximum absolute atomic E-state index is 12.6. The maximum Gasteiger partial charge on any atom is 0.248 e. The molecule has 7 heteroatoms. The molecule has 0 bridgehead atoms. The second-order valence-corrected chi connectivity index (χ2v) is 7.08. The summed E-state index contributed by atoms with van der Waals surface area (Å²) < 4.78 is 0. The van der Waals surface area contributed by atoms with Crippen LogP contribution in [0.3, 0.4) is 0 Å². The van der Waals surface area contributed by atoms with Crippen molar-refractivity contribution in [3.63, 3.8) is 0 Å². The lowest BCUT2D eigenvalue weighted by Gasteiger charge is -2.23. The van der Waals surface area contributed by atoms with E-state index in [1.165, 1.54) is 11.3 Å². The van der Waals surface area contributed by atoms with Crippen molar-refractivity contribution in [3.05, 3.63) is 47.1 Å². The lowest BCUT2D eigenvalue weighted by atomic mass is 10.1. The van der Waals surface area contributed by atoms with Crippen molar-refractivity contribution in [1.29, 1.82) is 0 Å². The molecule has 0 aliphatic carbocycles. The molecule has 2 amide bonds. The first kappa shape index (κ1) is 15.8. The molecule has 1 aliphatic rings. The van der Waals surface area contributed by atoms with Crippen LogP contribution in [0.1, 0.15) is 24.1 Å². The number of nitrogens with one attached hydrogen (secondary N) is 2. The molecule has 3 aromatic rings. The summed E-state index contributed by atoms with van der Waals surface area (Å²) in [6.45, 7) is 2.31. The number of thiazole rings is 1. The number of H-pyrrole nitrogens is 1. The van der Waals surface area contributed by atoms with Crippen LogP contribution in [0, 0.1) is 6.92 Å². The van der Waals surface area contributed by atoms with Gasteiger partial charge in [-0.05, 0) is 25.0 Å². The van der Waals surface area contributed by atoms with Crippen LogP contribution < -0.4 is 5.32 Å². The average Bonchev–Trinajstić information content (AvgIpc) is 3.29. The fraction of sp³-hybridized carbons (Fsp3) is 0.278. The SMILES string of the molecule is Cc1csc(NC(=O)C2CCC(=O)N2Cc2c[nH]c3ccccc23)n1. The Balaban J connectivity index is 1.54. The summed E-state index contributed by atoms with van der Waals surface area (Å²) in [7, 11) is 0. The number of likely N-dealkylation sites (tertiary alicyclic amines) is 1. The maximum atomic E-state index is 12.6. The molecular formula is C18H18N4O2S. The standard InChI is InChI=1S/C18H18N4O2S/c1-11-10-25-18(20-11)21-17(24)15-6-7-16(23)22(15)9-12-8-19-14-5-3-2-4-13(12)14/h2-5,8,10,15,19H,6-7,9H2,1H3,(H,20,21,24). The topological polar surface area (TPSA) is 78.1 Å². The van der Waals surface area contributed by atoms with E-state index in [1.54, 1.807) is 4.90 Å². The summed E-state index contributed by atoms with van der Waals surface area (Å²) in [6.07, 6.45) is 2.85. The second-order valence-electron chi connectivity index (χ2n) is 6.22. The molecule has 2 N–H and O–H groups in total. The average molecular weight is 354 g/mol. The van der Waals surface area contributed by atoms with Crippen LogP contribution in [-0.2, 0) is 16.1 Å². The monoisotopic (exact) mass is 354 g/mol. The Hall–Kier alpha value is -2.67. The molecule has 0 saturated carbocycles. The number of aryl methyl sites for hydroxylation is 1. The molecule has 128 valence electrons. The summed E-state index contributed by atoms with van der Waals surface area (Å²) in [5.41, 5.74) is 2.93. The zero-order chi connectivity index (χ0) is 17.4. The van der Waals surface area contributed by atoms with Crippen molar-refractivity contribution in [1.82, 2.24) is 14.9 Å². The van der Waals surface area contributed by atoms with Crippen molar-refractivity contribution in [2.45, 2.75) is 32.4 Å². The smallest absolute Gasteiger partial charge is 0.248 e. The van der Waals surface area contributed by atoms with Crippen molar-refractivity contribution in [2.24, 2.45) is 0 Å². The first-order chi connectivity index (χ1) is 12.1. The number of nitrogens with zero attached hydrogens (tertiary/aromatic N) is 2. The predicted molar refractivity (Wildman–Crippen MR) is 97.4 cm³/mol. The Morgan fingerprint density at radius 3 is 3.08 bits per heavy atom. The number of aromatic nitrogens is 2. The molecule has 25 heavy (non-hydrogen) atoms. The highest BCUT2D eigenvalue weighted by molar-refractivity contribution is 7.13. The fourth-order valence-electron chi connectivity index (χ4n) is 3.25. The quantitative estimate of drug-likeness (QED) is 0.756. The number of amides is 2. The molecule has 1 aromatic carbocycles. The normalized spacial score (nSPS) is 17.4. The number of carbonyl (C=O) groups is 2. The van der Waals surface area contributed by atoms with Crippen molar-refractivity contribution in [2.75, 3.05) is 5.32 Å². The molecule has 1 saturated heterocycles. The number of aromatic amines is 1. The van der Waals surface area contributed by atoms with Crippen LogP contribution in [0.25, 0.3) is 10.9 Å². The van der Waals surface area contributed by atoms with Gasteiger partial charge >= 0.3 is 0 Å². The number of hydrogen-bond acceptors (Lipinski definition) is 4. The number of para-hydroxylation sites is 1. The zero-order valence-electron chi connectivity index (χ0n) is 13.8. The van der Waals surface area contributed by atoms with Crippen molar-refractivity contribution in [3.8, 4) is 0 Å². The minimum atomic E-state index is -0.453. The molecule has 4 rings (SSSR count). The number of anilines is 1. The van der Waals surface area contributed by atoms with Gasteiger partial charge in [-0.15, -0.1) is 11.3 Å². The van der Waals surface area contributed by atoms with Gasteiger partial charge in [-0.3, -0.25) is 9.59 Å². The highest BCUT2D eigenvalue weighted by atomic mass is 32.1. The van der Waals surface area contributed by atoms with Crippen LogP contribution >= 0.6 is 11.3 Å². The summed E-state index contributed by atoms with van der Waals surface area (Å²) in [5, 5.41) is 6.38. The highest BCUT2D eigenvalue weighted by Gasteiger charge is 2.36. The van der Waals surface area contributed by atoms with Gasteiger partial charge in [0.15, 0.2) is 5.13 Å². The van der Waals surface area contributed by atoms with E-state index in [0.717, 1.165) is 22.2 Å². The van der Waals surface area contributed by atoms with E-state index in [1.807, 2.05) is 42.8 Å². The minimum Gasteiger partial charge on any atom is -0.361 e. The Labute approximate surface area is 148 Å². The molecule has 1 atom stereocenters. The Bertz CT molecular complexity index is 945. The second kappa shape index (κ2) is 6.33. The van der Waals surface area contributed by atoms with Crippen LogP contribution in [0.5, 0.6) is 0 Å². The van der Waals surface area contributed by atoms with E-state index in [0.29, 0.717) is 24.5 Å². The third-order valence-corrected chi connectivity index (χ3v) is 5.37. The zero-order valence-corrected chi connectivity index (χ0v) is 14.6. The van der Waals surface area contributed by atoms with Crippen LogP contribution in [0.4, 0.5) is 5.13 Å². The first-order valence-corrected chi connectivity index (χ1v) is 9.07. The molecule has 3 heterocycles. The van der Waals surface area contributed by atoms with Gasteiger partial charge < -0.3 is 15.2 Å². The first-order valence-electron chi connectivity index (χ1n) is 8.19. The summed E-state index contributed by atoms with van der Waals surface area (Å²) in [4.78, 5) is 34.1. The van der Waals surface area contributed by atoms with Crippen molar-refractivity contribution >= 4 is 39.2 Å². The molecular weight excluding hydrogens is 336 g/mol. The van der Waals surface area contributed by atoms with Gasteiger partial charge in [-0.1, -0.05) is 18.2 Å². The van der Waals surface area contributed by atoms with E-state index >= 15 is 0 Å². The van der Waals surface area contributed by atoms with Crippen LogP contribution in [0.2, 0.25) is 0 Å². The Morgan fingerprint density at radius 2 is 2.28 bits per heavy atom. The lowest BCUT2D eigenvalue weighted by Crippen LogP contribution is -2.41. The van der Waals surface area contributed by atoms with Gasteiger partial charge in [0, 0.05) is 35.4 Å².